The second-order valence-electron chi connectivity index (χ2n) is 8.39. The summed E-state index contributed by atoms with van der Waals surface area (Å²) < 4.78 is 0.991. The molecule has 0 aliphatic heterocycles. The highest BCUT2D eigenvalue weighted by molar-refractivity contribution is 7.22. The molecule has 1 amide bonds. The molecule has 1 heterocycles. The van der Waals surface area contributed by atoms with E-state index in [1.807, 2.05) is 73.6 Å². The third-order valence-electron chi connectivity index (χ3n) is 5.64. The first-order valence-electron chi connectivity index (χ1n) is 11.1. The van der Waals surface area contributed by atoms with Crippen LogP contribution >= 0.6 is 22.9 Å². The monoisotopic (exact) mass is 477 g/mol. The summed E-state index contributed by atoms with van der Waals surface area (Å²) in [6.45, 7) is 1.53. The second-order valence-corrected chi connectivity index (χ2v) is 9.83. The first-order chi connectivity index (χ1) is 16.0. The Morgan fingerprint density at radius 3 is 2.18 bits per heavy atom. The van der Waals surface area contributed by atoms with E-state index in [4.69, 9.17) is 16.6 Å². The topological polar surface area (TPSA) is 36.4 Å². The van der Waals surface area contributed by atoms with Crippen molar-refractivity contribution in [2.24, 2.45) is 0 Å². The summed E-state index contributed by atoms with van der Waals surface area (Å²) in [4.78, 5) is 22.5. The van der Waals surface area contributed by atoms with Gasteiger partial charge in [-0.3, -0.25) is 9.69 Å². The molecule has 6 heteroatoms. The minimum atomic E-state index is -0.0138. The third-order valence-corrected chi connectivity index (χ3v) is 6.92. The molecule has 0 fully saturated rings. The molecule has 4 rings (SSSR count). The molecule has 1 aromatic heterocycles. The number of rotatable bonds is 9. The van der Waals surface area contributed by atoms with E-state index in [2.05, 4.69) is 29.2 Å². The number of carbonyl (C=O) groups excluding carboxylic acids is 1. The zero-order valence-electron chi connectivity index (χ0n) is 18.9. The summed E-state index contributed by atoms with van der Waals surface area (Å²) >= 11 is 7.71. The highest BCUT2D eigenvalue weighted by Crippen LogP contribution is 2.34. The Morgan fingerprint density at radius 1 is 0.939 bits per heavy atom. The van der Waals surface area contributed by atoms with E-state index in [1.165, 1.54) is 11.3 Å². The van der Waals surface area contributed by atoms with Crippen LogP contribution in [0, 0.1) is 0 Å². The number of benzene rings is 3. The van der Waals surface area contributed by atoms with Crippen LogP contribution in [-0.4, -0.2) is 43.0 Å². The van der Waals surface area contributed by atoms with Crippen molar-refractivity contribution in [3.63, 3.8) is 0 Å². The molecule has 170 valence electrons. The number of hydrogen-bond donors (Lipinski definition) is 0. The standard InChI is InChI=1S/C27H28ClN3OS/c1-30(2)16-9-17-31(27-29-24-15-14-22(28)18-25(24)33-27)26(32)19-23(20-10-5-3-6-11-20)21-12-7-4-8-13-21/h3-8,10-15,18,23H,9,16-17,19H2,1-2H3. The van der Waals surface area contributed by atoms with E-state index in [0.29, 0.717) is 18.0 Å². The predicted molar refractivity (Wildman–Crippen MR) is 139 cm³/mol. The Hall–Kier alpha value is -2.73. The predicted octanol–water partition coefficient (Wildman–Crippen LogP) is 6.46. The van der Waals surface area contributed by atoms with Crippen LogP contribution in [0.15, 0.2) is 78.9 Å². The van der Waals surface area contributed by atoms with E-state index in [9.17, 15) is 4.79 Å². The summed E-state index contributed by atoms with van der Waals surface area (Å²) in [5.74, 6) is 0.0664. The number of thiazole rings is 1. The van der Waals surface area contributed by atoms with Crippen LogP contribution < -0.4 is 4.90 Å². The number of halogens is 1. The van der Waals surface area contributed by atoms with E-state index in [0.717, 1.165) is 39.4 Å². The molecule has 0 aliphatic carbocycles. The Labute approximate surface area is 204 Å². The minimum absolute atomic E-state index is 0.0138. The fourth-order valence-electron chi connectivity index (χ4n) is 3.96. The summed E-state index contributed by atoms with van der Waals surface area (Å²) in [5.41, 5.74) is 3.15. The van der Waals surface area contributed by atoms with Crippen LogP contribution in [0.1, 0.15) is 29.9 Å². The maximum absolute atomic E-state index is 13.8. The van der Waals surface area contributed by atoms with Crippen LogP contribution in [0.25, 0.3) is 10.2 Å². The van der Waals surface area contributed by atoms with Crippen LogP contribution in [0.4, 0.5) is 5.13 Å². The zero-order valence-corrected chi connectivity index (χ0v) is 20.5. The lowest BCUT2D eigenvalue weighted by Crippen LogP contribution is -2.34. The largest absolute Gasteiger partial charge is 0.309 e. The zero-order chi connectivity index (χ0) is 23.2. The summed E-state index contributed by atoms with van der Waals surface area (Å²) in [6, 6.07) is 26.2. The Balaban J connectivity index is 1.65. The van der Waals surface area contributed by atoms with Crippen molar-refractivity contribution in [2.75, 3.05) is 32.1 Å². The van der Waals surface area contributed by atoms with Crippen molar-refractivity contribution in [3.05, 3.63) is 95.0 Å². The molecule has 0 spiro atoms. The number of aromatic nitrogens is 1. The van der Waals surface area contributed by atoms with Gasteiger partial charge in [-0.1, -0.05) is 83.6 Å². The Kier molecular flexibility index (Phi) is 7.76. The lowest BCUT2D eigenvalue weighted by molar-refractivity contribution is -0.118. The fourth-order valence-corrected chi connectivity index (χ4v) is 5.24. The number of fused-ring (bicyclic) bond motifs is 1. The molecule has 3 aromatic carbocycles. The van der Waals surface area contributed by atoms with Crippen molar-refractivity contribution in [2.45, 2.75) is 18.8 Å². The molecule has 0 aliphatic rings. The van der Waals surface area contributed by atoms with Gasteiger partial charge in [0, 0.05) is 23.9 Å². The van der Waals surface area contributed by atoms with Crippen LogP contribution in [0.5, 0.6) is 0 Å². The first-order valence-corrected chi connectivity index (χ1v) is 12.3. The Bertz CT molecular complexity index is 1150. The van der Waals surface area contributed by atoms with Gasteiger partial charge in [0.25, 0.3) is 0 Å². The van der Waals surface area contributed by atoms with Crippen LogP contribution in [-0.2, 0) is 4.79 Å². The molecule has 0 saturated heterocycles. The van der Waals surface area contributed by atoms with Gasteiger partial charge < -0.3 is 4.90 Å². The first kappa shape index (κ1) is 23.4. The molecule has 0 unspecified atom stereocenters. The summed E-state index contributed by atoms with van der Waals surface area (Å²) in [7, 11) is 4.10. The SMILES string of the molecule is CN(C)CCCN(C(=O)CC(c1ccccc1)c1ccccc1)c1nc2ccc(Cl)cc2s1. The van der Waals surface area contributed by atoms with Gasteiger partial charge in [-0.2, -0.15) is 0 Å². The van der Waals surface area contributed by atoms with Crippen LogP contribution in [0.3, 0.4) is 0 Å². The van der Waals surface area contributed by atoms with Gasteiger partial charge in [-0.25, -0.2) is 4.98 Å². The van der Waals surface area contributed by atoms with E-state index >= 15 is 0 Å². The molecular formula is C27H28ClN3OS. The van der Waals surface area contributed by atoms with E-state index < -0.39 is 0 Å². The van der Waals surface area contributed by atoms with Crippen molar-refractivity contribution in [1.29, 1.82) is 0 Å². The number of hydrogen-bond acceptors (Lipinski definition) is 4. The second kappa shape index (κ2) is 10.9. The highest BCUT2D eigenvalue weighted by atomic mass is 35.5. The van der Waals surface area contributed by atoms with Crippen LogP contribution in [0.2, 0.25) is 5.02 Å². The molecule has 0 N–H and O–H groups in total. The molecule has 4 nitrogen and oxygen atoms in total. The molecule has 33 heavy (non-hydrogen) atoms. The number of anilines is 1. The number of nitrogens with zero attached hydrogens (tertiary/aromatic N) is 3. The molecule has 4 aromatic rings. The van der Waals surface area contributed by atoms with Gasteiger partial charge in [0.05, 0.1) is 10.2 Å². The van der Waals surface area contributed by atoms with Gasteiger partial charge in [0.2, 0.25) is 5.91 Å². The minimum Gasteiger partial charge on any atom is -0.309 e. The summed E-state index contributed by atoms with van der Waals surface area (Å²) in [6.07, 6.45) is 1.25. The number of amides is 1. The lowest BCUT2D eigenvalue weighted by Gasteiger charge is -2.24. The van der Waals surface area contributed by atoms with Crippen molar-refractivity contribution in [3.8, 4) is 0 Å². The molecule has 0 atom stereocenters. The van der Waals surface area contributed by atoms with Gasteiger partial charge in [-0.15, -0.1) is 0 Å². The van der Waals surface area contributed by atoms with Crippen molar-refractivity contribution < 1.29 is 4.79 Å². The Morgan fingerprint density at radius 2 is 1.58 bits per heavy atom. The van der Waals surface area contributed by atoms with Crippen molar-refractivity contribution >= 4 is 44.2 Å². The quantitative estimate of drug-likeness (QED) is 0.277. The van der Waals surface area contributed by atoms with E-state index in [-0.39, 0.29) is 11.8 Å². The normalized spacial score (nSPS) is 11.4. The van der Waals surface area contributed by atoms with Gasteiger partial charge in [0.15, 0.2) is 5.13 Å². The molecule has 0 radical (unpaired) electrons. The molecular weight excluding hydrogens is 450 g/mol. The fraction of sp³-hybridized carbons (Fsp3) is 0.259. The highest BCUT2D eigenvalue weighted by Gasteiger charge is 2.25. The molecule has 0 saturated carbocycles. The van der Waals surface area contributed by atoms with E-state index in [1.54, 1.807) is 0 Å². The lowest BCUT2D eigenvalue weighted by atomic mass is 9.88. The van der Waals surface area contributed by atoms with Crippen molar-refractivity contribution in [1.82, 2.24) is 9.88 Å². The number of carbonyl (C=O) groups is 1. The summed E-state index contributed by atoms with van der Waals surface area (Å²) in [5, 5.41) is 1.41. The maximum Gasteiger partial charge on any atom is 0.229 e. The average Bonchev–Trinajstić information content (AvgIpc) is 3.23. The maximum atomic E-state index is 13.8. The molecule has 0 bridgehead atoms. The van der Waals surface area contributed by atoms with Gasteiger partial charge in [0.1, 0.15) is 0 Å². The average molecular weight is 478 g/mol. The smallest absolute Gasteiger partial charge is 0.229 e. The third kappa shape index (κ3) is 5.99. The van der Waals surface area contributed by atoms with Gasteiger partial charge >= 0.3 is 0 Å². The van der Waals surface area contributed by atoms with Gasteiger partial charge in [-0.05, 0) is 56.4 Å².